The number of phenols is 1. The van der Waals surface area contributed by atoms with Gasteiger partial charge < -0.3 is 14.7 Å². The molecule has 0 atom stereocenters. The number of nitrogens with zero attached hydrogens (tertiary/aromatic N) is 1. The molecule has 0 aliphatic carbocycles. The zero-order chi connectivity index (χ0) is 16.1. The van der Waals surface area contributed by atoms with Gasteiger partial charge in [0, 0.05) is 11.5 Å². The van der Waals surface area contributed by atoms with E-state index < -0.39 is 8.96 Å². The van der Waals surface area contributed by atoms with Crippen LogP contribution in [0.3, 0.4) is 0 Å². The number of aromatic nitrogens is 1. The van der Waals surface area contributed by atoms with Gasteiger partial charge in [0.1, 0.15) is 14.7 Å². The monoisotopic (exact) mass is 318 g/mol. The fraction of sp³-hybridized carbons (Fsp3) is 0.471. The molecule has 120 valence electrons. The summed E-state index contributed by atoms with van der Waals surface area (Å²) in [5, 5.41) is 10.9. The Morgan fingerprint density at radius 3 is 2.64 bits per heavy atom. The number of aromatic amines is 1. The van der Waals surface area contributed by atoms with E-state index in [-0.39, 0.29) is 11.3 Å². The number of unbranched alkanes of at least 4 members (excludes halogenated alkanes) is 1. The van der Waals surface area contributed by atoms with E-state index in [0.29, 0.717) is 5.52 Å². The summed E-state index contributed by atoms with van der Waals surface area (Å²) in [5.74, 6) is 0.137. The maximum atomic E-state index is 11.5. The number of rotatable bonds is 7. The highest BCUT2D eigenvalue weighted by molar-refractivity contribution is 6.52. The van der Waals surface area contributed by atoms with E-state index in [0.717, 1.165) is 18.4 Å². The Labute approximate surface area is 133 Å². The Balaban J connectivity index is 2.21. The number of nitrogens with one attached hydrogen (secondary N) is 1. The molecule has 1 heterocycles. The molecule has 0 saturated heterocycles. The molecular weight excluding hydrogens is 292 g/mol. The second kappa shape index (κ2) is 7.60. The maximum Gasteiger partial charge on any atom is 0.248 e. The molecule has 0 unspecified atom stereocenters. The van der Waals surface area contributed by atoms with Crippen LogP contribution >= 0.6 is 0 Å². The fourth-order valence-electron chi connectivity index (χ4n) is 2.77. The van der Waals surface area contributed by atoms with Crippen molar-refractivity contribution in [2.24, 2.45) is 0 Å². The quantitative estimate of drug-likeness (QED) is 0.772. The van der Waals surface area contributed by atoms with Crippen LogP contribution < -0.4 is 5.56 Å². The Morgan fingerprint density at radius 1 is 1.18 bits per heavy atom. The van der Waals surface area contributed by atoms with E-state index in [4.69, 9.17) is 0 Å². The normalized spacial score (nSPS) is 11.7. The summed E-state index contributed by atoms with van der Waals surface area (Å²) in [4.78, 5) is 14.2. The van der Waals surface area contributed by atoms with Crippen LogP contribution in [0.15, 0.2) is 29.1 Å². The fourth-order valence-corrected chi connectivity index (χ4v) is 4.11. The first-order valence-corrected chi connectivity index (χ1v) is 10.9. The number of fused-ring (bicyclic) bond motifs is 1. The number of aromatic hydroxyl groups is 1. The van der Waals surface area contributed by atoms with Crippen molar-refractivity contribution >= 4 is 19.9 Å². The molecule has 0 aliphatic rings. The molecule has 2 N–H and O–H groups in total. The van der Waals surface area contributed by atoms with Crippen molar-refractivity contribution in [3.05, 3.63) is 40.2 Å². The molecule has 1 aromatic carbocycles. The predicted octanol–water partition coefficient (Wildman–Crippen LogP) is 2.86. The topological polar surface area (TPSA) is 56.3 Å². The first kappa shape index (κ1) is 16.8. The lowest BCUT2D eigenvalue weighted by Crippen LogP contribution is -2.37. The van der Waals surface area contributed by atoms with Crippen LogP contribution in [0.25, 0.3) is 10.9 Å². The summed E-state index contributed by atoms with van der Waals surface area (Å²) in [6.07, 6.45) is 3.41. The van der Waals surface area contributed by atoms with Crippen LogP contribution in [0.1, 0.15) is 25.3 Å². The van der Waals surface area contributed by atoms with Crippen molar-refractivity contribution in [2.75, 3.05) is 13.1 Å². The second-order valence-corrected chi connectivity index (χ2v) is 9.01. The molecule has 0 amide bonds. The molecule has 4 nitrogen and oxygen atoms in total. The van der Waals surface area contributed by atoms with E-state index >= 15 is 0 Å². The van der Waals surface area contributed by atoms with Crippen LogP contribution in [0.2, 0.25) is 13.1 Å². The Morgan fingerprint density at radius 2 is 1.95 bits per heavy atom. The summed E-state index contributed by atoms with van der Waals surface area (Å²) in [5.41, 5.74) is 1.55. The number of hydrogen-bond donors (Lipinski definition) is 2. The first-order chi connectivity index (χ1) is 10.5. The highest BCUT2D eigenvalue weighted by Crippen LogP contribution is 2.25. The summed E-state index contributed by atoms with van der Waals surface area (Å²) in [7, 11) is -0.812. The van der Waals surface area contributed by atoms with Gasteiger partial charge in [0.15, 0.2) is 0 Å². The Bertz CT molecular complexity index is 682. The maximum absolute atomic E-state index is 11.5. The first-order valence-electron chi connectivity index (χ1n) is 8.11. The highest BCUT2D eigenvalue weighted by Gasteiger charge is 2.12. The third kappa shape index (κ3) is 3.99. The average molecular weight is 318 g/mol. The largest absolute Gasteiger partial charge is 0.506 e. The van der Waals surface area contributed by atoms with Crippen LogP contribution in [0.5, 0.6) is 5.75 Å². The molecule has 22 heavy (non-hydrogen) atoms. The summed E-state index contributed by atoms with van der Waals surface area (Å²) in [6, 6.07) is 6.98. The van der Waals surface area contributed by atoms with E-state index in [1.54, 1.807) is 6.07 Å². The molecule has 0 fully saturated rings. The standard InChI is InChI=1S/C17H26N2O2Si/c1-4-5-11-19(22(2)3)12-10-13-6-8-15(20)17-14(13)7-9-16(21)18-17/h6-9,20,22H,4-5,10-12H2,1-3H3,(H,18,21). The van der Waals surface area contributed by atoms with Gasteiger partial charge in [0.2, 0.25) is 5.56 Å². The van der Waals surface area contributed by atoms with Crippen molar-refractivity contribution in [3.63, 3.8) is 0 Å². The number of phenolic OH excluding ortho intramolecular Hbond substituents is 1. The molecule has 2 aromatic rings. The lowest BCUT2D eigenvalue weighted by Gasteiger charge is -2.26. The Kier molecular flexibility index (Phi) is 5.80. The van der Waals surface area contributed by atoms with Gasteiger partial charge in [0.25, 0.3) is 0 Å². The molecule has 0 spiro atoms. The zero-order valence-corrected chi connectivity index (χ0v) is 14.9. The molecule has 0 aliphatic heterocycles. The minimum absolute atomic E-state index is 0.137. The van der Waals surface area contributed by atoms with Gasteiger partial charge in [-0.15, -0.1) is 0 Å². The van der Waals surface area contributed by atoms with Crippen molar-refractivity contribution in [1.29, 1.82) is 0 Å². The van der Waals surface area contributed by atoms with Gasteiger partial charge >= 0.3 is 0 Å². The zero-order valence-electron chi connectivity index (χ0n) is 13.7. The molecule has 0 saturated carbocycles. The van der Waals surface area contributed by atoms with E-state index in [1.807, 2.05) is 12.1 Å². The number of hydrogen-bond acceptors (Lipinski definition) is 3. The van der Waals surface area contributed by atoms with Crippen LogP contribution in [-0.2, 0) is 6.42 Å². The predicted molar refractivity (Wildman–Crippen MR) is 95.3 cm³/mol. The van der Waals surface area contributed by atoms with Gasteiger partial charge in [-0.25, -0.2) is 0 Å². The van der Waals surface area contributed by atoms with Gasteiger partial charge in [-0.05, 0) is 43.6 Å². The van der Waals surface area contributed by atoms with Gasteiger partial charge in [-0.1, -0.05) is 32.5 Å². The van der Waals surface area contributed by atoms with Crippen molar-refractivity contribution in [2.45, 2.75) is 39.3 Å². The van der Waals surface area contributed by atoms with Gasteiger partial charge in [0.05, 0.1) is 5.52 Å². The van der Waals surface area contributed by atoms with Crippen LogP contribution in [-0.4, -0.2) is 36.7 Å². The summed E-state index contributed by atoms with van der Waals surface area (Å²) >= 11 is 0. The smallest absolute Gasteiger partial charge is 0.248 e. The van der Waals surface area contributed by atoms with E-state index in [2.05, 4.69) is 29.6 Å². The highest BCUT2D eigenvalue weighted by atomic mass is 28.3. The lowest BCUT2D eigenvalue weighted by atomic mass is 10.0. The van der Waals surface area contributed by atoms with Gasteiger partial charge in [-0.2, -0.15) is 0 Å². The molecule has 2 rings (SSSR count). The minimum Gasteiger partial charge on any atom is -0.506 e. The summed E-state index contributed by atoms with van der Waals surface area (Å²) in [6.45, 7) is 9.17. The average Bonchev–Trinajstić information content (AvgIpc) is 2.49. The molecular formula is C17H26N2O2Si. The number of benzene rings is 1. The van der Waals surface area contributed by atoms with E-state index in [9.17, 15) is 9.90 Å². The second-order valence-electron chi connectivity index (χ2n) is 6.09. The third-order valence-electron chi connectivity index (χ3n) is 4.16. The molecule has 1 aromatic heterocycles. The van der Waals surface area contributed by atoms with Crippen LogP contribution in [0, 0.1) is 0 Å². The molecule has 5 heteroatoms. The lowest BCUT2D eigenvalue weighted by molar-refractivity contribution is 0.427. The van der Waals surface area contributed by atoms with E-state index in [1.165, 1.54) is 31.0 Å². The van der Waals surface area contributed by atoms with Crippen molar-refractivity contribution in [3.8, 4) is 5.75 Å². The summed E-state index contributed by atoms with van der Waals surface area (Å²) < 4.78 is 2.62. The third-order valence-corrected chi connectivity index (χ3v) is 6.14. The number of pyridine rings is 1. The SMILES string of the molecule is CCCCN(CCc1ccc(O)c2[nH]c(=O)ccc12)[SiH](C)C. The molecule has 0 bridgehead atoms. The Hall–Kier alpha value is -1.59. The number of H-pyrrole nitrogens is 1. The van der Waals surface area contributed by atoms with Crippen molar-refractivity contribution in [1.82, 2.24) is 9.55 Å². The van der Waals surface area contributed by atoms with Crippen LogP contribution in [0.4, 0.5) is 0 Å². The van der Waals surface area contributed by atoms with Crippen molar-refractivity contribution < 1.29 is 5.11 Å². The van der Waals surface area contributed by atoms with Gasteiger partial charge in [-0.3, -0.25) is 4.79 Å². The minimum atomic E-state index is -0.812. The molecule has 0 radical (unpaired) electrons.